The number of hydrogen-bond acceptors (Lipinski definition) is 3. The van der Waals surface area contributed by atoms with E-state index in [0.29, 0.717) is 5.82 Å². The molecule has 1 unspecified atom stereocenters. The van der Waals surface area contributed by atoms with E-state index in [2.05, 4.69) is 33.2 Å². The highest BCUT2D eigenvalue weighted by molar-refractivity contribution is 5.95. The number of aryl methyl sites for hydroxylation is 1. The summed E-state index contributed by atoms with van der Waals surface area (Å²) in [5, 5.41) is 10.8. The fourth-order valence-corrected chi connectivity index (χ4v) is 2.81. The van der Waals surface area contributed by atoms with Gasteiger partial charge in [0.1, 0.15) is 17.6 Å². The maximum Gasteiger partial charge on any atom is 0.140 e. The molecule has 110 valence electrons. The molecule has 0 aliphatic heterocycles. The minimum Gasteiger partial charge on any atom is -0.385 e. The van der Waals surface area contributed by atoms with Crippen LogP contribution in [0.3, 0.4) is 0 Å². The molecule has 0 amide bonds. The summed E-state index contributed by atoms with van der Waals surface area (Å²) in [6.07, 6.45) is 3.25. The molecule has 22 heavy (non-hydrogen) atoms. The van der Waals surface area contributed by atoms with E-state index in [1.807, 2.05) is 36.1 Å². The third kappa shape index (κ3) is 1.90. The second-order valence-electron chi connectivity index (χ2n) is 5.55. The third-order valence-electron chi connectivity index (χ3n) is 3.97. The zero-order valence-corrected chi connectivity index (χ0v) is 12.4. The Morgan fingerprint density at radius 1 is 1.23 bits per heavy atom. The van der Waals surface area contributed by atoms with Crippen molar-refractivity contribution in [2.24, 2.45) is 7.05 Å². The lowest BCUT2D eigenvalue weighted by Gasteiger charge is -2.04. The normalized spacial score (nSPS) is 13.0. The molecule has 4 aromatic rings. The van der Waals surface area contributed by atoms with Crippen LogP contribution >= 0.6 is 0 Å². The molecule has 5 heteroatoms. The van der Waals surface area contributed by atoms with E-state index in [-0.39, 0.29) is 0 Å². The van der Waals surface area contributed by atoms with Crippen LogP contribution in [0, 0.1) is 0 Å². The number of aromatic amines is 1. The molecule has 0 spiro atoms. The minimum atomic E-state index is -0.599. The van der Waals surface area contributed by atoms with Crippen LogP contribution in [-0.2, 0) is 7.05 Å². The van der Waals surface area contributed by atoms with E-state index in [0.717, 1.165) is 33.2 Å². The molecule has 0 aliphatic rings. The van der Waals surface area contributed by atoms with Gasteiger partial charge in [-0.1, -0.05) is 6.07 Å². The second kappa shape index (κ2) is 4.68. The first kappa shape index (κ1) is 13.0. The van der Waals surface area contributed by atoms with Crippen molar-refractivity contribution in [2.45, 2.75) is 13.0 Å². The minimum absolute atomic E-state index is 0.590. The maximum absolute atomic E-state index is 9.65. The number of pyridine rings is 1. The Kier molecular flexibility index (Phi) is 2.77. The molecule has 3 heterocycles. The number of aliphatic hydroxyl groups is 1. The van der Waals surface area contributed by atoms with Crippen molar-refractivity contribution in [3.8, 4) is 11.1 Å². The molecule has 4 rings (SSSR count). The Balaban J connectivity index is 1.92. The molecular formula is C17H16N4O. The van der Waals surface area contributed by atoms with E-state index in [4.69, 9.17) is 0 Å². The van der Waals surface area contributed by atoms with E-state index >= 15 is 0 Å². The van der Waals surface area contributed by atoms with Gasteiger partial charge in [0.2, 0.25) is 0 Å². The zero-order valence-electron chi connectivity index (χ0n) is 12.4. The molecule has 0 radical (unpaired) electrons. The van der Waals surface area contributed by atoms with Crippen molar-refractivity contribution in [1.29, 1.82) is 0 Å². The molecule has 5 nitrogen and oxygen atoms in total. The van der Waals surface area contributed by atoms with Gasteiger partial charge in [-0.2, -0.15) is 0 Å². The molecule has 1 aromatic carbocycles. The summed E-state index contributed by atoms with van der Waals surface area (Å²) in [6.45, 7) is 1.70. The highest BCUT2D eigenvalue weighted by Gasteiger charge is 2.11. The Labute approximate surface area is 127 Å². The molecule has 2 N–H and O–H groups in total. The summed E-state index contributed by atoms with van der Waals surface area (Å²) >= 11 is 0. The number of H-pyrrole nitrogens is 1. The summed E-state index contributed by atoms with van der Waals surface area (Å²) in [4.78, 5) is 12.0. The first-order valence-corrected chi connectivity index (χ1v) is 7.21. The molecule has 0 fully saturated rings. The molecule has 3 aromatic heterocycles. The largest absolute Gasteiger partial charge is 0.385 e. The predicted octanol–water partition coefficient (Wildman–Crippen LogP) is 3.17. The predicted molar refractivity (Wildman–Crippen MR) is 86.4 cm³/mol. The number of rotatable bonds is 2. The lowest BCUT2D eigenvalue weighted by molar-refractivity contribution is 0.190. The van der Waals surface area contributed by atoms with Crippen LogP contribution in [0.5, 0.6) is 0 Å². The van der Waals surface area contributed by atoms with Crippen LogP contribution in [-0.4, -0.2) is 24.6 Å². The zero-order chi connectivity index (χ0) is 15.3. The van der Waals surface area contributed by atoms with E-state index in [1.54, 1.807) is 6.92 Å². The first-order valence-electron chi connectivity index (χ1n) is 7.21. The van der Waals surface area contributed by atoms with Gasteiger partial charge in [0.15, 0.2) is 0 Å². The summed E-state index contributed by atoms with van der Waals surface area (Å²) in [5.74, 6) is 0.590. The highest BCUT2D eigenvalue weighted by atomic mass is 16.3. The monoisotopic (exact) mass is 292 g/mol. The SMILES string of the molecule is CC(O)c1nc2ccc(-c3ccnc4c3ccn4C)cc2[nH]1. The lowest BCUT2D eigenvalue weighted by Crippen LogP contribution is -1.92. The van der Waals surface area contributed by atoms with Gasteiger partial charge in [-0.05, 0) is 42.3 Å². The quantitative estimate of drug-likeness (QED) is 0.596. The fourth-order valence-electron chi connectivity index (χ4n) is 2.81. The van der Waals surface area contributed by atoms with E-state index in [1.165, 1.54) is 0 Å². The van der Waals surface area contributed by atoms with Crippen LogP contribution in [0.2, 0.25) is 0 Å². The molecule has 0 saturated carbocycles. The number of nitrogens with zero attached hydrogens (tertiary/aromatic N) is 3. The average Bonchev–Trinajstić information content (AvgIpc) is 3.10. The summed E-state index contributed by atoms with van der Waals surface area (Å²) in [5.41, 5.74) is 4.99. The van der Waals surface area contributed by atoms with Crippen LogP contribution in [0.4, 0.5) is 0 Å². The van der Waals surface area contributed by atoms with Gasteiger partial charge in [-0.15, -0.1) is 0 Å². The van der Waals surface area contributed by atoms with Crippen LogP contribution in [0.1, 0.15) is 18.9 Å². The third-order valence-corrected chi connectivity index (χ3v) is 3.97. The fraction of sp³-hybridized carbons (Fsp3) is 0.176. The van der Waals surface area contributed by atoms with Crippen LogP contribution in [0.25, 0.3) is 33.2 Å². The van der Waals surface area contributed by atoms with Gasteiger partial charge in [-0.25, -0.2) is 9.97 Å². The van der Waals surface area contributed by atoms with Gasteiger partial charge in [0.05, 0.1) is 11.0 Å². The standard InChI is InChI=1S/C17H16N4O/c1-10(22)16-19-14-4-3-11(9-15(14)20-16)12-5-7-18-17-13(12)6-8-21(17)2/h3-10,22H,1-2H3,(H,19,20). The van der Waals surface area contributed by atoms with Crippen molar-refractivity contribution in [3.63, 3.8) is 0 Å². The number of hydrogen-bond donors (Lipinski definition) is 2. The number of benzene rings is 1. The molecule has 0 saturated heterocycles. The van der Waals surface area contributed by atoms with Crippen molar-refractivity contribution in [2.75, 3.05) is 0 Å². The van der Waals surface area contributed by atoms with Crippen LogP contribution < -0.4 is 0 Å². The summed E-state index contributed by atoms with van der Waals surface area (Å²) < 4.78 is 2.01. The highest BCUT2D eigenvalue weighted by Crippen LogP contribution is 2.30. The maximum atomic E-state index is 9.65. The Bertz CT molecular complexity index is 981. The number of fused-ring (bicyclic) bond motifs is 2. The van der Waals surface area contributed by atoms with Gasteiger partial charge in [0.25, 0.3) is 0 Å². The number of aliphatic hydroxyl groups excluding tert-OH is 1. The average molecular weight is 292 g/mol. The lowest BCUT2D eigenvalue weighted by atomic mass is 10.0. The second-order valence-corrected chi connectivity index (χ2v) is 5.55. The van der Waals surface area contributed by atoms with Crippen molar-refractivity contribution < 1.29 is 5.11 Å². The molecule has 1 atom stereocenters. The Morgan fingerprint density at radius 3 is 2.91 bits per heavy atom. The molecule has 0 aliphatic carbocycles. The van der Waals surface area contributed by atoms with Gasteiger partial charge in [-0.3, -0.25) is 0 Å². The first-order chi connectivity index (χ1) is 10.6. The molecule has 0 bridgehead atoms. The number of aromatic nitrogens is 4. The smallest absolute Gasteiger partial charge is 0.140 e. The molecular weight excluding hydrogens is 276 g/mol. The topological polar surface area (TPSA) is 66.7 Å². The van der Waals surface area contributed by atoms with Gasteiger partial charge >= 0.3 is 0 Å². The van der Waals surface area contributed by atoms with Crippen LogP contribution in [0.15, 0.2) is 42.7 Å². The van der Waals surface area contributed by atoms with Crippen molar-refractivity contribution in [1.82, 2.24) is 19.5 Å². The summed E-state index contributed by atoms with van der Waals surface area (Å²) in [6, 6.07) is 10.2. The van der Waals surface area contributed by atoms with Crippen molar-refractivity contribution >= 4 is 22.1 Å². The van der Waals surface area contributed by atoms with Gasteiger partial charge < -0.3 is 14.7 Å². The number of nitrogens with one attached hydrogen (secondary N) is 1. The van der Waals surface area contributed by atoms with E-state index < -0.39 is 6.10 Å². The van der Waals surface area contributed by atoms with Gasteiger partial charge in [0, 0.05) is 24.8 Å². The number of imidazole rings is 1. The Morgan fingerprint density at radius 2 is 2.09 bits per heavy atom. The summed E-state index contributed by atoms with van der Waals surface area (Å²) in [7, 11) is 1.99. The van der Waals surface area contributed by atoms with Crippen molar-refractivity contribution in [3.05, 3.63) is 48.5 Å². The Hall–Kier alpha value is -2.66. The van der Waals surface area contributed by atoms with E-state index in [9.17, 15) is 5.11 Å².